The molecule has 0 spiro atoms. The topological polar surface area (TPSA) is 137 Å². The molecule has 3 amide bonds. The third-order valence-corrected chi connectivity index (χ3v) is 6.32. The van der Waals surface area contributed by atoms with Crippen molar-refractivity contribution in [2.45, 2.75) is 86.0 Å². The lowest BCUT2D eigenvalue weighted by Gasteiger charge is -2.29. The molecular weight excluding hydrogens is 546 g/mol. The van der Waals surface area contributed by atoms with Gasteiger partial charge in [0.25, 0.3) is 0 Å². The fraction of sp³-hybridized carbons (Fsp3) is 0.484. The Bertz CT molecular complexity index is 1120. The molecule has 0 fully saturated rings. The second-order valence-corrected chi connectivity index (χ2v) is 11.7. The van der Waals surface area contributed by atoms with E-state index in [1.165, 1.54) is 12.3 Å². The lowest BCUT2D eigenvalue weighted by Crippen LogP contribution is -2.52. The van der Waals surface area contributed by atoms with Crippen molar-refractivity contribution < 1.29 is 28.7 Å². The highest BCUT2D eigenvalue weighted by Gasteiger charge is 2.32. The lowest BCUT2D eigenvalue weighted by atomic mass is 9.86. The minimum atomic E-state index is -0.897. The van der Waals surface area contributed by atoms with Gasteiger partial charge in [0.1, 0.15) is 18.2 Å². The normalized spacial score (nSPS) is 19.1. The highest BCUT2D eigenvalue weighted by atomic mass is 35.5. The zero-order valence-electron chi connectivity index (χ0n) is 25.0. The number of halogens is 1. The molecule has 0 aromatic carbocycles. The summed E-state index contributed by atoms with van der Waals surface area (Å²) >= 11 is 5.84. The van der Waals surface area contributed by atoms with Crippen LogP contribution in [0, 0.1) is 11.3 Å². The monoisotopic (exact) mass is 589 g/mol. The third-order valence-electron chi connectivity index (χ3n) is 6.17. The molecule has 0 bridgehead atoms. The Kier molecular flexibility index (Phi) is 14.9. The number of ether oxygens (including phenoxy) is 2. The van der Waals surface area contributed by atoms with Gasteiger partial charge >= 0.3 is 12.1 Å². The quantitative estimate of drug-likeness (QED) is 0.148. The fourth-order valence-electron chi connectivity index (χ4n) is 3.87. The van der Waals surface area contributed by atoms with E-state index in [-0.39, 0.29) is 18.0 Å². The van der Waals surface area contributed by atoms with Crippen LogP contribution in [0.5, 0.6) is 0 Å². The average Bonchev–Trinajstić information content (AvgIpc) is 2.86. The van der Waals surface area contributed by atoms with Crippen LogP contribution in [0.2, 0.25) is 0 Å². The van der Waals surface area contributed by atoms with Crippen LogP contribution >= 0.6 is 11.6 Å². The summed E-state index contributed by atoms with van der Waals surface area (Å²) in [7, 11) is 0. The van der Waals surface area contributed by atoms with Gasteiger partial charge in [-0.2, -0.15) is 0 Å². The van der Waals surface area contributed by atoms with E-state index in [4.69, 9.17) is 26.8 Å². The van der Waals surface area contributed by atoms with Crippen molar-refractivity contribution in [1.29, 1.82) is 0 Å². The van der Waals surface area contributed by atoms with Crippen LogP contribution < -0.4 is 16.4 Å². The van der Waals surface area contributed by atoms with E-state index in [1.807, 2.05) is 52.8 Å². The molecule has 0 saturated carbocycles. The van der Waals surface area contributed by atoms with Crippen LogP contribution in [-0.4, -0.2) is 42.1 Å². The van der Waals surface area contributed by atoms with Gasteiger partial charge in [-0.25, -0.2) is 9.59 Å². The smallest absolute Gasteiger partial charge is 0.404 e. The molecule has 0 unspecified atom stereocenters. The van der Waals surface area contributed by atoms with Crippen LogP contribution in [0.25, 0.3) is 0 Å². The number of nitrogens with two attached hydrogens (primary N) is 1. The summed E-state index contributed by atoms with van der Waals surface area (Å²) in [6.45, 7) is 12.9. The fourth-order valence-corrected chi connectivity index (χ4v) is 3.95. The summed E-state index contributed by atoms with van der Waals surface area (Å²) in [4.78, 5) is 48.3. The number of amides is 3. The molecule has 10 heteroatoms. The van der Waals surface area contributed by atoms with Crippen LogP contribution in [0.15, 0.2) is 71.0 Å². The molecule has 0 aromatic heterocycles. The van der Waals surface area contributed by atoms with Crippen molar-refractivity contribution in [3.8, 4) is 0 Å². The van der Waals surface area contributed by atoms with Gasteiger partial charge in [-0.15, -0.1) is 0 Å². The number of carbonyl (C=O) groups is 4. The maximum atomic E-state index is 12.9. The van der Waals surface area contributed by atoms with Crippen molar-refractivity contribution in [2.75, 3.05) is 0 Å². The summed E-state index contributed by atoms with van der Waals surface area (Å²) in [5.41, 5.74) is 6.15. The predicted octanol–water partition coefficient (Wildman–Crippen LogP) is 5.49. The zero-order valence-corrected chi connectivity index (χ0v) is 25.8. The maximum absolute atomic E-state index is 12.9. The summed E-state index contributed by atoms with van der Waals surface area (Å²) in [5.74, 6) is -1.06. The number of carbonyl (C=O) groups excluding carboxylic acids is 4. The average molecular weight is 590 g/mol. The molecule has 0 saturated heterocycles. The molecule has 1 heterocycles. The summed E-state index contributed by atoms with van der Waals surface area (Å²) < 4.78 is 10.5. The number of cyclic esters (lactones) is 1. The van der Waals surface area contributed by atoms with Gasteiger partial charge in [-0.3, -0.25) is 9.59 Å². The molecule has 9 nitrogen and oxygen atoms in total. The van der Waals surface area contributed by atoms with Crippen LogP contribution in [-0.2, 0) is 23.9 Å². The van der Waals surface area contributed by atoms with E-state index in [0.717, 1.165) is 5.57 Å². The van der Waals surface area contributed by atoms with Crippen molar-refractivity contribution >= 4 is 35.5 Å². The maximum Gasteiger partial charge on any atom is 0.404 e. The minimum Gasteiger partial charge on any atom is -0.458 e. The van der Waals surface area contributed by atoms with E-state index >= 15 is 0 Å². The molecule has 0 radical (unpaired) electrons. The molecule has 1 aliphatic rings. The van der Waals surface area contributed by atoms with Gasteiger partial charge in [-0.1, -0.05) is 87.4 Å². The van der Waals surface area contributed by atoms with Gasteiger partial charge in [0.05, 0.1) is 0 Å². The van der Waals surface area contributed by atoms with Crippen LogP contribution in [0.4, 0.5) is 4.79 Å². The Morgan fingerprint density at radius 1 is 1.20 bits per heavy atom. The van der Waals surface area contributed by atoms with Crippen LogP contribution in [0.1, 0.15) is 67.7 Å². The van der Waals surface area contributed by atoms with E-state index in [1.54, 1.807) is 38.2 Å². The Morgan fingerprint density at radius 3 is 2.44 bits per heavy atom. The number of hydrogen-bond acceptors (Lipinski definition) is 6. The Balaban J connectivity index is 2.70. The SMILES string of the molecule is CC1=CC[C@@H]([C@@H](C)/C=C(C)/C=C/C=C/C(=O)N[C@H](C(=O)N/C=C\C[C@H](C/C=C(\C)Cl)OC(N)=O)C(C)(C)C)OC1=O. The first-order valence-corrected chi connectivity index (χ1v) is 13.9. The molecule has 1 aliphatic heterocycles. The highest BCUT2D eigenvalue weighted by molar-refractivity contribution is 6.29. The Hall–Kier alpha value is -3.59. The van der Waals surface area contributed by atoms with E-state index in [2.05, 4.69) is 10.6 Å². The number of nitrogens with one attached hydrogen (secondary N) is 2. The summed E-state index contributed by atoms with van der Waals surface area (Å²) in [5, 5.41) is 5.99. The first kappa shape index (κ1) is 35.4. The second-order valence-electron chi connectivity index (χ2n) is 11.1. The molecule has 4 N–H and O–H groups in total. The largest absolute Gasteiger partial charge is 0.458 e. The van der Waals surface area contributed by atoms with Crippen LogP contribution in [0.3, 0.4) is 0 Å². The number of hydrogen-bond donors (Lipinski definition) is 3. The lowest BCUT2D eigenvalue weighted by molar-refractivity contribution is -0.147. The van der Waals surface area contributed by atoms with Gasteiger partial charge in [-0.05, 0) is 32.4 Å². The summed E-state index contributed by atoms with van der Waals surface area (Å²) in [6.07, 6.45) is 15.0. The van der Waals surface area contributed by atoms with Gasteiger partial charge in [0, 0.05) is 41.9 Å². The number of esters is 1. The van der Waals surface area contributed by atoms with Crippen molar-refractivity contribution in [3.05, 3.63) is 71.0 Å². The standard InChI is InChI=1S/C31H44ClN3O6/c1-20(19-22(3)25-17-14-21(2)29(38)41-25)11-8-9-13-26(36)35-27(31(5,6)7)28(37)34-18-10-12-24(40-30(33)39)16-15-23(4)32/h8-11,13-15,18-19,22,24-25,27H,12,16-17H2,1-7H3,(H2,33,39)(H,34,37)(H,35,36)/b11-8+,13-9+,18-10-,20-19+,23-15+/t22-,24+,25-,27+/m0/s1. The van der Waals surface area contributed by atoms with E-state index < -0.39 is 35.5 Å². The zero-order chi connectivity index (χ0) is 31.2. The number of rotatable bonds is 13. The van der Waals surface area contributed by atoms with Gasteiger partial charge < -0.3 is 25.8 Å². The van der Waals surface area contributed by atoms with Gasteiger partial charge in [0.15, 0.2) is 0 Å². The first-order chi connectivity index (χ1) is 19.1. The molecular formula is C31H44ClN3O6. The van der Waals surface area contributed by atoms with E-state index in [9.17, 15) is 19.2 Å². The number of allylic oxidation sites excluding steroid dienone is 5. The van der Waals surface area contributed by atoms with E-state index in [0.29, 0.717) is 29.9 Å². The molecule has 4 atom stereocenters. The molecule has 0 aliphatic carbocycles. The van der Waals surface area contributed by atoms with Crippen molar-refractivity contribution in [1.82, 2.24) is 10.6 Å². The first-order valence-electron chi connectivity index (χ1n) is 13.5. The number of primary amides is 1. The Labute approximate surface area is 248 Å². The molecule has 226 valence electrons. The highest BCUT2D eigenvalue weighted by Crippen LogP contribution is 2.22. The van der Waals surface area contributed by atoms with Crippen molar-refractivity contribution in [3.63, 3.8) is 0 Å². The van der Waals surface area contributed by atoms with Crippen molar-refractivity contribution in [2.24, 2.45) is 17.1 Å². The third kappa shape index (κ3) is 14.6. The molecule has 41 heavy (non-hydrogen) atoms. The predicted molar refractivity (Wildman–Crippen MR) is 161 cm³/mol. The molecule has 1 rings (SSSR count). The minimum absolute atomic E-state index is 0.0357. The second kappa shape index (κ2) is 17.3. The van der Waals surface area contributed by atoms with Gasteiger partial charge in [0.2, 0.25) is 11.8 Å². The summed E-state index contributed by atoms with van der Waals surface area (Å²) in [6, 6.07) is -0.814. The molecule has 0 aromatic rings. The Morgan fingerprint density at radius 2 is 1.85 bits per heavy atom.